The third-order valence-electron chi connectivity index (χ3n) is 1.98. The number of ether oxygens (including phenoxy) is 1. The van der Waals surface area contributed by atoms with Gasteiger partial charge in [0.25, 0.3) is 5.91 Å². The molecule has 0 bridgehead atoms. The van der Waals surface area contributed by atoms with Gasteiger partial charge in [0.15, 0.2) is 0 Å². The molecule has 0 spiro atoms. The number of nitrogens with zero attached hydrogens (tertiary/aromatic N) is 1. The zero-order chi connectivity index (χ0) is 12.7. The molecule has 1 heterocycles. The van der Waals surface area contributed by atoms with Crippen molar-refractivity contribution in [3.63, 3.8) is 0 Å². The van der Waals surface area contributed by atoms with Gasteiger partial charge in [-0.15, -0.1) is 11.3 Å². The van der Waals surface area contributed by atoms with E-state index < -0.39 is 0 Å². The molecule has 1 rings (SSSR count). The highest BCUT2D eigenvalue weighted by Gasteiger charge is 2.09. The monoisotopic (exact) mass is 257 g/mol. The number of carbonyl (C=O) groups excluding carboxylic acids is 1. The van der Waals surface area contributed by atoms with Gasteiger partial charge < -0.3 is 15.8 Å². The van der Waals surface area contributed by atoms with Crippen LogP contribution in [-0.2, 0) is 11.2 Å². The van der Waals surface area contributed by atoms with Crippen molar-refractivity contribution >= 4 is 17.2 Å². The van der Waals surface area contributed by atoms with E-state index in [0.29, 0.717) is 31.8 Å². The molecule has 17 heavy (non-hydrogen) atoms. The highest BCUT2D eigenvalue weighted by atomic mass is 32.1. The second-order valence-electron chi connectivity index (χ2n) is 3.84. The summed E-state index contributed by atoms with van der Waals surface area (Å²) >= 11 is 1.46. The molecule has 0 radical (unpaired) electrons. The van der Waals surface area contributed by atoms with Crippen LogP contribution in [0.1, 0.15) is 29.3 Å². The fourth-order valence-electron chi connectivity index (χ4n) is 1.20. The average Bonchev–Trinajstić information content (AvgIpc) is 2.73. The number of hydrogen-bond donors (Lipinski definition) is 2. The zero-order valence-corrected chi connectivity index (χ0v) is 11.0. The van der Waals surface area contributed by atoms with Gasteiger partial charge in [0.1, 0.15) is 5.69 Å². The number of thiazole rings is 1. The second kappa shape index (κ2) is 7.37. The number of hydrogen-bond acceptors (Lipinski definition) is 5. The molecule has 96 valence electrons. The number of rotatable bonds is 7. The Labute approximate surface area is 105 Å². The lowest BCUT2D eigenvalue weighted by Gasteiger charge is -2.07. The van der Waals surface area contributed by atoms with Crippen molar-refractivity contribution in [2.45, 2.75) is 26.4 Å². The third kappa shape index (κ3) is 5.25. The SMILES string of the molecule is CC(C)OCCNC(=O)c1csc(CCN)n1. The van der Waals surface area contributed by atoms with E-state index in [-0.39, 0.29) is 12.0 Å². The van der Waals surface area contributed by atoms with Crippen molar-refractivity contribution in [1.29, 1.82) is 0 Å². The van der Waals surface area contributed by atoms with Crippen molar-refractivity contribution in [2.75, 3.05) is 19.7 Å². The first kappa shape index (κ1) is 14.1. The first-order chi connectivity index (χ1) is 8.13. The van der Waals surface area contributed by atoms with Gasteiger partial charge in [-0.25, -0.2) is 4.98 Å². The molecule has 0 atom stereocenters. The Kier molecular flexibility index (Phi) is 6.10. The van der Waals surface area contributed by atoms with Gasteiger partial charge in [0, 0.05) is 18.3 Å². The van der Waals surface area contributed by atoms with Gasteiger partial charge in [0.05, 0.1) is 17.7 Å². The number of nitrogens with one attached hydrogen (secondary N) is 1. The summed E-state index contributed by atoms with van der Waals surface area (Å²) in [5.41, 5.74) is 5.88. The first-order valence-electron chi connectivity index (χ1n) is 5.67. The number of carbonyl (C=O) groups is 1. The number of aromatic nitrogens is 1. The van der Waals surface area contributed by atoms with E-state index in [4.69, 9.17) is 10.5 Å². The van der Waals surface area contributed by atoms with Crippen molar-refractivity contribution in [3.8, 4) is 0 Å². The molecule has 0 aliphatic carbocycles. The molecule has 1 amide bonds. The summed E-state index contributed by atoms with van der Waals surface area (Å²) in [6, 6.07) is 0. The Morgan fingerprint density at radius 2 is 2.41 bits per heavy atom. The van der Waals surface area contributed by atoms with E-state index in [0.717, 1.165) is 5.01 Å². The van der Waals surface area contributed by atoms with Crippen LogP contribution in [0.25, 0.3) is 0 Å². The molecule has 6 heteroatoms. The van der Waals surface area contributed by atoms with Crippen LogP contribution in [0.2, 0.25) is 0 Å². The first-order valence-corrected chi connectivity index (χ1v) is 6.55. The molecule has 0 fully saturated rings. The van der Waals surface area contributed by atoms with Crippen LogP contribution >= 0.6 is 11.3 Å². The lowest BCUT2D eigenvalue weighted by atomic mass is 10.4. The summed E-state index contributed by atoms with van der Waals surface area (Å²) in [6.45, 7) is 5.49. The van der Waals surface area contributed by atoms with Gasteiger partial charge in [-0.2, -0.15) is 0 Å². The van der Waals surface area contributed by atoms with Crippen molar-refractivity contribution in [1.82, 2.24) is 10.3 Å². The van der Waals surface area contributed by atoms with Crippen molar-refractivity contribution in [2.24, 2.45) is 5.73 Å². The molecule has 0 saturated carbocycles. The Hall–Kier alpha value is -0.980. The van der Waals surface area contributed by atoms with E-state index in [9.17, 15) is 4.79 Å². The van der Waals surface area contributed by atoms with Crippen LogP contribution in [0.15, 0.2) is 5.38 Å². The van der Waals surface area contributed by atoms with E-state index in [1.165, 1.54) is 11.3 Å². The van der Waals surface area contributed by atoms with Crippen molar-refractivity contribution < 1.29 is 9.53 Å². The maximum Gasteiger partial charge on any atom is 0.270 e. The molecular weight excluding hydrogens is 238 g/mol. The quantitative estimate of drug-likeness (QED) is 0.708. The Morgan fingerprint density at radius 3 is 3.06 bits per heavy atom. The van der Waals surface area contributed by atoms with E-state index in [1.54, 1.807) is 5.38 Å². The third-order valence-corrected chi connectivity index (χ3v) is 2.89. The second-order valence-corrected chi connectivity index (χ2v) is 4.78. The summed E-state index contributed by atoms with van der Waals surface area (Å²) in [5, 5.41) is 5.41. The Bertz CT molecular complexity index is 352. The van der Waals surface area contributed by atoms with Gasteiger partial charge >= 0.3 is 0 Å². The standard InChI is InChI=1S/C11H19N3O2S/c1-8(2)16-6-5-13-11(15)9-7-17-10(14-9)3-4-12/h7-8H,3-6,12H2,1-2H3,(H,13,15). The molecule has 0 aliphatic heterocycles. The predicted molar refractivity (Wildman–Crippen MR) is 68.3 cm³/mol. The fourth-order valence-corrected chi connectivity index (χ4v) is 2.00. The predicted octanol–water partition coefficient (Wildman–Crippen LogP) is 0.799. The minimum atomic E-state index is -0.156. The van der Waals surface area contributed by atoms with E-state index in [1.807, 2.05) is 13.8 Å². The topological polar surface area (TPSA) is 77.2 Å². The van der Waals surface area contributed by atoms with Gasteiger partial charge in [-0.3, -0.25) is 4.79 Å². The van der Waals surface area contributed by atoms with Gasteiger partial charge in [0.2, 0.25) is 0 Å². The minimum Gasteiger partial charge on any atom is -0.377 e. The van der Waals surface area contributed by atoms with Crippen LogP contribution in [0.3, 0.4) is 0 Å². The highest BCUT2D eigenvalue weighted by Crippen LogP contribution is 2.09. The molecule has 1 aromatic heterocycles. The largest absolute Gasteiger partial charge is 0.377 e. The van der Waals surface area contributed by atoms with E-state index in [2.05, 4.69) is 10.3 Å². The van der Waals surface area contributed by atoms with Gasteiger partial charge in [-0.05, 0) is 20.4 Å². The van der Waals surface area contributed by atoms with Gasteiger partial charge in [-0.1, -0.05) is 0 Å². The molecule has 0 aromatic carbocycles. The normalized spacial score (nSPS) is 10.8. The summed E-state index contributed by atoms with van der Waals surface area (Å²) in [4.78, 5) is 15.9. The molecule has 3 N–H and O–H groups in total. The smallest absolute Gasteiger partial charge is 0.270 e. The molecule has 0 aliphatic rings. The highest BCUT2D eigenvalue weighted by molar-refractivity contribution is 7.09. The lowest BCUT2D eigenvalue weighted by Crippen LogP contribution is -2.28. The van der Waals surface area contributed by atoms with E-state index >= 15 is 0 Å². The number of nitrogens with two attached hydrogens (primary N) is 1. The average molecular weight is 257 g/mol. The molecular formula is C11H19N3O2S. The van der Waals surface area contributed by atoms with Crippen LogP contribution in [0.4, 0.5) is 0 Å². The van der Waals surface area contributed by atoms with Crippen LogP contribution in [0, 0.1) is 0 Å². The van der Waals surface area contributed by atoms with Crippen LogP contribution in [0.5, 0.6) is 0 Å². The summed E-state index contributed by atoms with van der Waals surface area (Å²) in [7, 11) is 0. The Morgan fingerprint density at radius 1 is 1.65 bits per heavy atom. The minimum absolute atomic E-state index is 0.156. The van der Waals surface area contributed by atoms with Crippen LogP contribution < -0.4 is 11.1 Å². The fraction of sp³-hybridized carbons (Fsp3) is 0.636. The summed E-state index contributed by atoms with van der Waals surface area (Å²) < 4.78 is 5.32. The Balaban J connectivity index is 2.31. The molecule has 5 nitrogen and oxygen atoms in total. The molecule has 0 saturated heterocycles. The maximum atomic E-state index is 11.7. The summed E-state index contributed by atoms with van der Waals surface area (Å²) in [6.07, 6.45) is 0.899. The molecule has 1 aromatic rings. The maximum absolute atomic E-state index is 11.7. The van der Waals surface area contributed by atoms with Crippen molar-refractivity contribution in [3.05, 3.63) is 16.1 Å². The summed E-state index contributed by atoms with van der Waals surface area (Å²) in [5.74, 6) is -0.156. The number of amides is 1. The van der Waals surface area contributed by atoms with Crippen LogP contribution in [-0.4, -0.2) is 36.7 Å². The lowest BCUT2D eigenvalue weighted by molar-refractivity contribution is 0.0745. The molecule has 0 unspecified atom stereocenters. The zero-order valence-electron chi connectivity index (χ0n) is 10.2.